The lowest BCUT2D eigenvalue weighted by Crippen LogP contribution is -2.44. The van der Waals surface area contributed by atoms with E-state index in [0.29, 0.717) is 0 Å². The molecule has 0 unspecified atom stereocenters. The van der Waals surface area contributed by atoms with Gasteiger partial charge in [-0.3, -0.25) is 27.7 Å². The number of nitrogens with two attached hydrogens (primary N) is 2. The van der Waals surface area contributed by atoms with Gasteiger partial charge < -0.3 is 26.0 Å². The summed E-state index contributed by atoms with van der Waals surface area (Å²) >= 11 is 0.888. The summed E-state index contributed by atoms with van der Waals surface area (Å²) in [6, 6.07) is -0.790. The van der Waals surface area contributed by atoms with Gasteiger partial charge in [-0.2, -0.15) is 9.97 Å². The number of carbonyl (C=O) groups is 2. The molecule has 2 aliphatic heterocycles. The molecule has 4 rings (SSSR count). The van der Waals surface area contributed by atoms with E-state index < -0.39 is 55.2 Å². The average molecular weight is 621 g/mol. The van der Waals surface area contributed by atoms with Crippen LogP contribution in [-0.4, -0.2) is 85.2 Å². The lowest BCUT2D eigenvalue weighted by Gasteiger charge is -2.33. The molecule has 2 saturated heterocycles. The number of imidazole rings is 1. The molecule has 41 heavy (non-hydrogen) atoms. The van der Waals surface area contributed by atoms with E-state index >= 15 is 4.39 Å². The molecule has 0 amide bonds. The van der Waals surface area contributed by atoms with Crippen molar-refractivity contribution in [3.05, 3.63) is 6.33 Å². The van der Waals surface area contributed by atoms with E-state index in [2.05, 4.69) is 15.0 Å². The lowest BCUT2D eigenvalue weighted by molar-refractivity contribution is -0.150. The molecule has 6 atom stereocenters. The standard InChI is InChI=1S/C23H34FN6O9PS/c1-11(2)13(25)18(32)35-9-22(3,4)20(33)41-7-6-36-40(34)37-8-12-15(39-40)23(5,24)19(38-12)30-10-27-14-16(30)28-21(26)29-17(14)31/h10-13,15,19H,6-9,25H2,1-5H3,(H3,26,28,29,31)/t12-,13+,15-,19-,23-,40+/m1/s1. The summed E-state index contributed by atoms with van der Waals surface area (Å²) in [6.07, 6.45) is -2.43. The highest BCUT2D eigenvalue weighted by molar-refractivity contribution is 8.13. The minimum Gasteiger partial charge on any atom is -0.492 e. The molecule has 0 saturated carbocycles. The molecule has 2 fully saturated rings. The molecule has 18 heteroatoms. The molecule has 0 radical (unpaired) electrons. The molecular weight excluding hydrogens is 586 g/mol. The topological polar surface area (TPSA) is 213 Å². The summed E-state index contributed by atoms with van der Waals surface area (Å²) in [4.78, 5) is 36.3. The molecule has 2 aromatic heterocycles. The number of phosphoric ester groups is 1. The number of anilines is 1. The number of thioether (sulfide) groups is 1. The van der Waals surface area contributed by atoms with Crippen molar-refractivity contribution in [2.45, 2.75) is 64.8 Å². The van der Waals surface area contributed by atoms with Gasteiger partial charge in [-0.05, 0) is 26.7 Å². The third-order valence-electron chi connectivity index (χ3n) is 6.68. The smallest absolute Gasteiger partial charge is 0.475 e. The monoisotopic (exact) mass is 620 g/mol. The van der Waals surface area contributed by atoms with Crippen molar-refractivity contribution in [1.82, 2.24) is 19.5 Å². The molecule has 228 valence electrons. The molecule has 2 aromatic rings. The lowest BCUT2D eigenvalue weighted by atomic mass is 9.97. The first-order valence-corrected chi connectivity index (χ1v) is 15.2. The Morgan fingerprint density at radius 3 is 2.78 bits per heavy atom. The number of nitrogens with zero attached hydrogens (tertiary/aromatic N) is 4. The summed E-state index contributed by atoms with van der Waals surface area (Å²) < 4.78 is 57.7. The highest BCUT2D eigenvalue weighted by atomic mass is 32.2. The first kappa shape index (κ1) is 31.5. The summed E-state index contributed by atoms with van der Waals surface area (Å²) in [7, 11) is -4.22. The number of ether oxygens (including phenoxy) is 2. The van der Waals surface area contributed by atoms with E-state index in [0.717, 1.165) is 11.8 Å². The molecule has 0 spiro atoms. The average Bonchev–Trinajstić information content (AvgIpc) is 3.42. The fraction of sp³-hybridized carbons (Fsp3) is 0.696. The number of hydrogen-bond donors (Lipinski definition) is 3. The van der Waals surface area contributed by atoms with Crippen LogP contribution < -0.4 is 11.5 Å². The Hall–Kier alpha value is -2.40. The Bertz CT molecular complexity index is 1360. The van der Waals surface area contributed by atoms with Crippen LogP contribution in [0.1, 0.15) is 40.8 Å². The van der Waals surface area contributed by atoms with E-state index in [9.17, 15) is 19.3 Å². The first-order valence-electron chi connectivity index (χ1n) is 12.8. The summed E-state index contributed by atoms with van der Waals surface area (Å²) in [5, 5.41) is 9.70. The number of aromatic nitrogens is 4. The minimum atomic E-state index is -4.22. The number of rotatable bonds is 10. The second kappa shape index (κ2) is 11.7. The molecule has 2 aliphatic rings. The minimum absolute atomic E-state index is 0.00725. The maximum Gasteiger partial charge on any atom is 0.475 e. The van der Waals surface area contributed by atoms with Crippen molar-refractivity contribution in [2.24, 2.45) is 17.1 Å². The molecule has 15 nitrogen and oxygen atoms in total. The maximum absolute atomic E-state index is 16.1. The Morgan fingerprint density at radius 1 is 1.39 bits per heavy atom. The van der Waals surface area contributed by atoms with Gasteiger partial charge in [0, 0.05) is 5.75 Å². The number of aromatic hydroxyl groups is 1. The zero-order valence-corrected chi connectivity index (χ0v) is 24.9. The number of esters is 1. The molecule has 5 N–H and O–H groups in total. The third-order valence-corrected chi connectivity index (χ3v) is 9.31. The van der Waals surface area contributed by atoms with Gasteiger partial charge in [0.05, 0.1) is 25.0 Å². The number of carbonyl (C=O) groups excluding carboxylic acids is 2. The van der Waals surface area contributed by atoms with E-state index in [1.54, 1.807) is 27.7 Å². The van der Waals surface area contributed by atoms with Crippen LogP contribution in [-0.2, 0) is 37.2 Å². The molecular formula is C23H34FN6O9PS. The number of hydrogen-bond acceptors (Lipinski definition) is 15. The SMILES string of the molecule is CC(C)[C@H](N)C(=O)OCC(C)(C)C(=O)SCCO[P@@]1(=O)OC[C@H]2O[C@@H](n3cnc4c(O)nc(N)nc43)[C@](C)(F)[C@@H]2O1. The van der Waals surface area contributed by atoms with Crippen LogP contribution in [0.15, 0.2) is 6.33 Å². The van der Waals surface area contributed by atoms with E-state index in [-0.39, 0.29) is 53.7 Å². The van der Waals surface area contributed by atoms with E-state index in [1.165, 1.54) is 17.8 Å². The van der Waals surface area contributed by atoms with Crippen molar-refractivity contribution >= 4 is 47.8 Å². The van der Waals surface area contributed by atoms with Gasteiger partial charge >= 0.3 is 13.8 Å². The van der Waals surface area contributed by atoms with Crippen LogP contribution in [0.5, 0.6) is 5.88 Å². The number of nitrogen functional groups attached to an aromatic ring is 1. The zero-order chi connectivity index (χ0) is 30.3. The predicted octanol–water partition coefficient (Wildman–Crippen LogP) is 2.09. The molecule has 0 aromatic carbocycles. The van der Waals surface area contributed by atoms with Crippen molar-refractivity contribution in [1.29, 1.82) is 0 Å². The highest BCUT2D eigenvalue weighted by Crippen LogP contribution is 2.59. The normalized spacial score (nSPS) is 29.0. The fourth-order valence-electron chi connectivity index (χ4n) is 4.16. The van der Waals surface area contributed by atoms with Crippen LogP contribution in [0.25, 0.3) is 11.2 Å². The van der Waals surface area contributed by atoms with Crippen LogP contribution in [0.3, 0.4) is 0 Å². The van der Waals surface area contributed by atoms with Gasteiger partial charge in [-0.1, -0.05) is 25.6 Å². The van der Waals surface area contributed by atoms with Gasteiger partial charge in [0.1, 0.15) is 24.9 Å². The Balaban J connectivity index is 1.32. The Morgan fingerprint density at radius 2 is 2.10 bits per heavy atom. The molecule has 4 heterocycles. The van der Waals surface area contributed by atoms with Gasteiger partial charge in [0.15, 0.2) is 28.2 Å². The van der Waals surface area contributed by atoms with E-state index in [1.807, 2.05) is 0 Å². The Kier molecular flexibility index (Phi) is 9.00. The van der Waals surface area contributed by atoms with Crippen LogP contribution in [0, 0.1) is 11.3 Å². The van der Waals surface area contributed by atoms with Crippen molar-refractivity contribution in [3.8, 4) is 5.88 Å². The number of fused-ring (bicyclic) bond motifs is 2. The van der Waals surface area contributed by atoms with Gasteiger partial charge in [0.25, 0.3) is 0 Å². The zero-order valence-electron chi connectivity index (χ0n) is 23.2. The molecule has 0 bridgehead atoms. The van der Waals surface area contributed by atoms with Crippen molar-refractivity contribution in [3.63, 3.8) is 0 Å². The van der Waals surface area contributed by atoms with Crippen LogP contribution in [0.4, 0.5) is 10.3 Å². The van der Waals surface area contributed by atoms with E-state index in [4.69, 9.17) is 34.5 Å². The predicted molar refractivity (Wildman–Crippen MR) is 144 cm³/mol. The van der Waals surface area contributed by atoms with Crippen molar-refractivity contribution < 1.29 is 46.7 Å². The summed E-state index contributed by atoms with van der Waals surface area (Å²) in [5.74, 6) is -1.35. The van der Waals surface area contributed by atoms with Crippen LogP contribution >= 0.6 is 19.6 Å². The third kappa shape index (κ3) is 6.50. The largest absolute Gasteiger partial charge is 0.492 e. The number of alkyl halides is 1. The quantitative estimate of drug-likeness (QED) is 0.197. The van der Waals surface area contributed by atoms with Crippen LogP contribution in [0.2, 0.25) is 0 Å². The summed E-state index contributed by atoms with van der Waals surface area (Å²) in [5.41, 5.74) is 8.14. The summed E-state index contributed by atoms with van der Waals surface area (Å²) in [6.45, 7) is 7.35. The second-order valence-electron chi connectivity index (χ2n) is 10.9. The van der Waals surface area contributed by atoms with Gasteiger partial charge in [-0.15, -0.1) is 0 Å². The van der Waals surface area contributed by atoms with Gasteiger partial charge in [-0.25, -0.2) is 13.9 Å². The Labute approximate surface area is 239 Å². The number of phosphoric acid groups is 1. The van der Waals surface area contributed by atoms with Gasteiger partial charge in [0.2, 0.25) is 11.8 Å². The first-order chi connectivity index (χ1) is 19.1. The highest BCUT2D eigenvalue weighted by Gasteiger charge is 2.61. The second-order valence-corrected chi connectivity index (χ2v) is 13.6. The van der Waals surface area contributed by atoms with Crippen molar-refractivity contribution in [2.75, 3.05) is 31.3 Å². The number of halogens is 1. The maximum atomic E-state index is 16.1. The molecule has 0 aliphatic carbocycles. The fourth-order valence-corrected chi connectivity index (χ4v) is 6.54.